The van der Waals surface area contributed by atoms with E-state index in [1.54, 1.807) is 0 Å². The Morgan fingerprint density at radius 2 is 0.755 bits per heavy atom. The summed E-state index contributed by atoms with van der Waals surface area (Å²) in [6, 6.07) is 89.1. The van der Waals surface area contributed by atoms with Gasteiger partial charge in [0.1, 0.15) is 0 Å². The molecule has 0 aromatic heterocycles. The van der Waals surface area contributed by atoms with Crippen molar-refractivity contribution in [3.05, 3.63) is 344 Å². The number of hydrogen-bond donors (Lipinski definition) is 0. The molecule has 0 N–H and O–H groups in total. The van der Waals surface area contributed by atoms with Gasteiger partial charge in [-0.05, 0) is 161 Å². The van der Waals surface area contributed by atoms with Crippen molar-refractivity contribution in [3.8, 4) is 0 Å². The van der Waals surface area contributed by atoms with E-state index in [0.717, 1.165) is 29.9 Å². The highest BCUT2D eigenvalue weighted by Crippen LogP contribution is 2.40. The summed E-state index contributed by atoms with van der Waals surface area (Å²) in [5, 5.41) is 0. The minimum absolute atomic E-state index is 0.0437. The fourth-order valence-corrected chi connectivity index (χ4v) is 13.8. The smallest absolute Gasteiger partial charge is 0.242 e. The lowest BCUT2D eigenvalue weighted by Crippen LogP contribution is -2.56. The molecule has 0 aliphatic rings. The maximum Gasteiger partial charge on any atom is 0.242 e. The van der Waals surface area contributed by atoms with Crippen LogP contribution in [-0.2, 0) is 38.9 Å². The second kappa shape index (κ2) is 28.6. The van der Waals surface area contributed by atoms with E-state index >= 15 is 0 Å². The number of aryl methyl sites for hydroxylation is 4. The van der Waals surface area contributed by atoms with Crippen LogP contribution in [0.5, 0.6) is 0 Å². The molecule has 0 heterocycles. The number of anilines is 3. The molecule has 0 radical (unpaired) electrons. The first-order chi connectivity index (χ1) is 44.5. The molecule has 1 nitrogen and oxygen atoms in total. The molecule has 10 aromatic rings. The molecule has 0 unspecified atom stereocenters. The van der Waals surface area contributed by atoms with Gasteiger partial charge in [0.2, 0.25) is 6.71 Å². The molecule has 0 atom stereocenters. The Bertz CT molecular complexity index is 4120. The average Bonchev–Trinajstić information content (AvgIpc) is 0.748. The Morgan fingerprint density at radius 3 is 1.18 bits per heavy atom. The van der Waals surface area contributed by atoms with Crippen LogP contribution in [0, 0.1) is 27.7 Å². The lowest BCUT2D eigenvalue weighted by atomic mass is 9.33. The Labute approximate surface area is 569 Å². The van der Waals surface area contributed by atoms with E-state index in [4.69, 9.17) is 0 Å². The van der Waals surface area contributed by atoms with Crippen LogP contribution in [0.1, 0.15) is 201 Å². The van der Waals surface area contributed by atoms with E-state index in [1.807, 2.05) is 0 Å². The van der Waals surface area contributed by atoms with Crippen LogP contribution in [0.4, 0.5) is 17.1 Å². The van der Waals surface area contributed by atoms with E-state index in [9.17, 15) is 0 Å². The molecule has 482 valence electrons. The van der Waals surface area contributed by atoms with Crippen molar-refractivity contribution < 1.29 is 0 Å². The van der Waals surface area contributed by atoms with Gasteiger partial charge in [0, 0.05) is 38.7 Å². The summed E-state index contributed by atoms with van der Waals surface area (Å²) >= 11 is 0. The maximum atomic E-state index is 2.59. The van der Waals surface area contributed by atoms with Gasteiger partial charge in [0.25, 0.3) is 0 Å². The lowest BCUT2D eigenvalue weighted by molar-refractivity contribution is 0.590. The van der Waals surface area contributed by atoms with Crippen molar-refractivity contribution >= 4 is 40.2 Å². The van der Waals surface area contributed by atoms with E-state index in [1.165, 1.54) is 105 Å². The Morgan fingerprint density at radius 1 is 0.372 bits per heavy atom. The average molecular weight is 1240 g/mol. The maximum absolute atomic E-state index is 2.59. The highest BCUT2D eigenvalue weighted by molar-refractivity contribution is 6.96. The van der Waals surface area contributed by atoms with Crippen LogP contribution in [0.25, 0.3) is 0 Å². The molecule has 0 spiro atoms. The van der Waals surface area contributed by atoms with Crippen LogP contribution < -0.4 is 21.3 Å². The SMILES string of the molecule is C/C=C(\C=C/CC)C(C)(C)c1ccc(Cc2ccc(C(C)(C)c3ccccc3)cc2)c(B(c2cc(C(C)(C)c3ccccc3)ccc2C)c2c(C)cc(N(c3ccc(C(C)(C)C)cc3)c3ccc(C(C)(C)C)cc3)cc2C)c1.Cc1ccc(C(C)(C)c2ccccc2)cc1. The number of allylic oxidation sites excluding steroid dienone is 4. The van der Waals surface area contributed by atoms with Gasteiger partial charge in [-0.3, -0.25) is 0 Å². The molecule has 0 saturated heterocycles. The van der Waals surface area contributed by atoms with Crippen LogP contribution >= 0.6 is 0 Å². The summed E-state index contributed by atoms with van der Waals surface area (Å²) in [4.78, 5) is 2.46. The standard InChI is InChI=1S/C76H88BN.C16H18/c1-18-20-27-58(19-2)74(12,13)65-39-35-57(50-56-33-37-63(38-34-56)75(14,15)61-28-23-21-24-29-61)70(52-65)77(69-51-64(36-32-53(69)3)76(16,17)62-30-25-22-26-31-62)71-54(4)48-68(49-55(71)5)78(66-44-40-59(41-45-66)72(6,7)8)67-46-42-60(43-47-67)73(9,10)11;1-13-9-11-15(12-10-13)16(2,3)14-7-5-4-6-8-14/h19-49,51-52H,18,50H2,1-17H3;4-12H,1-3H3/b27-20-,58-19+;. The zero-order valence-electron chi connectivity index (χ0n) is 60.7. The first kappa shape index (κ1) is 69.9. The topological polar surface area (TPSA) is 3.24 Å². The fraction of sp³-hybridized carbons (Fsp3) is 0.304. The monoisotopic (exact) mass is 1240 g/mol. The molecule has 0 fully saturated rings. The third kappa shape index (κ3) is 15.5. The third-order valence-electron chi connectivity index (χ3n) is 20.5. The minimum atomic E-state index is -0.255. The summed E-state index contributed by atoms with van der Waals surface area (Å²) in [5.41, 5.74) is 28.1. The molecule has 0 saturated carbocycles. The van der Waals surface area contributed by atoms with E-state index in [0.29, 0.717) is 0 Å². The molecule has 10 aromatic carbocycles. The van der Waals surface area contributed by atoms with Crippen molar-refractivity contribution in [1.29, 1.82) is 0 Å². The molecule has 0 bridgehead atoms. The number of hydrogen-bond acceptors (Lipinski definition) is 1. The van der Waals surface area contributed by atoms with Gasteiger partial charge in [-0.2, -0.15) is 0 Å². The summed E-state index contributed by atoms with van der Waals surface area (Å²) in [5.74, 6) is 0. The Kier molecular flexibility index (Phi) is 21.3. The third-order valence-corrected chi connectivity index (χ3v) is 20.5. The quantitative estimate of drug-likeness (QED) is 0.0611. The molecular weight excluding hydrogens is 1130 g/mol. The van der Waals surface area contributed by atoms with Gasteiger partial charge in [-0.15, -0.1) is 0 Å². The predicted octanol–water partition coefficient (Wildman–Crippen LogP) is 22.9. The second-order valence-electron chi connectivity index (χ2n) is 30.7. The second-order valence-corrected chi connectivity index (χ2v) is 30.7. The van der Waals surface area contributed by atoms with Crippen LogP contribution in [0.2, 0.25) is 0 Å². The number of rotatable bonds is 18. The number of nitrogens with zero attached hydrogens (tertiary/aromatic N) is 1. The normalized spacial score (nSPS) is 12.6. The van der Waals surface area contributed by atoms with Crippen molar-refractivity contribution in [2.75, 3.05) is 4.90 Å². The van der Waals surface area contributed by atoms with Crippen molar-refractivity contribution in [3.63, 3.8) is 0 Å². The predicted molar refractivity (Wildman–Crippen MR) is 413 cm³/mol. The molecule has 0 aliphatic heterocycles. The molecule has 0 amide bonds. The van der Waals surface area contributed by atoms with Gasteiger partial charge in [0.05, 0.1) is 0 Å². The molecule has 0 aliphatic carbocycles. The van der Waals surface area contributed by atoms with Gasteiger partial charge < -0.3 is 4.90 Å². The first-order valence-corrected chi connectivity index (χ1v) is 34.5. The Balaban J connectivity index is 0.000000564. The van der Waals surface area contributed by atoms with Crippen molar-refractivity contribution in [1.82, 2.24) is 0 Å². The van der Waals surface area contributed by atoms with E-state index < -0.39 is 0 Å². The van der Waals surface area contributed by atoms with Crippen molar-refractivity contribution in [2.24, 2.45) is 0 Å². The van der Waals surface area contributed by atoms with Crippen LogP contribution in [-0.4, -0.2) is 6.71 Å². The van der Waals surface area contributed by atoms with Crippen LogP contribution in [0.3, 0.4) is 0 Å². The first-order valence-electron chi connectivity index (χ1n) is 34.5. The van der Waals surface area contributed by atoms with Gasteiger partial charge in [-0.25, -0.2) is 0 Å². The summed E-state index contributed by atoms with van der Waals surface area (Å²) in [7, 11) is 0. The lowest BCUT2D eigenvalue weighted by Gasteiger charge is -2.33. The highest BCUT2D eigenvalue weighted by Gasteiger charge is 2.35. The summed E-state index contributed by atoms with van der Waals surface area (Å²) in [6.45, 7) is 46.1. The zero-order chi connectivity index (χ0) is 68.0. The highest BCUT2D eigenvalue weighted by atomic mass is 15.1. The molecule has 94 heavy (non-hydrogen) atoms. The zero-order valence-corrected chi connectivity index (χ0v) is 60.7. The number of benzene rings is 10. The molecule has 2 heteroatoms. The van der Waals surface area contributed by atoms with Gasteiger partial charge >= 0.3 is 0 Å². The van der Waals surface area contributed by atoms with Crippen molar-refractivity contribution in [2.45, 2.75) is 184 Å². The largest absolute Gasteiger partial charge is 0.310 e. The molecular formula is C92H106BN. The summed E-state index contributed by atoms with van der Waals surface area (Å²) < 4.78 is 0. The molecule has 10 rings (SSSR count). The fourth-order valence-electron chi connectivity index (χ4n) is 13.8. The van der Waals surface area contributed by atoms with E-state index in [2.05, 4.69) is 398 Å². The van der Waals surface area contributed by atoms with Gasteiger partial charge in [0.15, 0.2) is 0 Å². The van der Waals surface area contributed by atoms with E-state index in [-0.39, 0.29) is 39.2 Å². The Hall–Kier alpha value is -8.46. The summed E-state index contributed by atoms with van der Waals surface area (Å²) in [6.07, 6.45) is 8.75. The minimum Gasteiger partial charge on any atom is -0.310 e. The van der Waals surface area contributed by atoms with Gasteiger partial charge in [-0.1, -0.05) is 361 Å². The van der Waals surface area contributed by atoms with Crippen LogP contribution in [0.15, 0.2) is 260 Å².